The Labute approximate surface area is 144 Å². The third-order valence-corrected chi connectivity index (χ3v) is 4.86. The van der Waals surface area contributed by atoms with E-state index >= 15 is 0 Å². The van der Waals surface area contributed by atoms with Gasteiger partial charge in [-0.2, -0.15) is 0 Å². The molecule has 0 amide bonds. The van der Waals surface area contributed by atoms with E-state index < -0.39 is 0 Å². The molecule has 3 heterocycles. The summed E-state index contributed by atoms with van der Waals surface area (Å²) in [5.41, 5.74) is 2.97. The van der Waals surface area contributed by atoms with Gasteiger partial charge >= 0.3 is 0 Å². The van der Waals surface area contributed by atoms with E-state index in [1.807, 2.05) is 31.5 Å². The minimum atomic E-state index is 0.278. The lowest BCUT2D eigenvalue weighted by atomic mass is 9.94. The topological polar surface area (TPSA) is 52.5 Å². The number of aryl methyl sites for hydroxylation is 1. The number of likely N-dealkylation sites (tertiary alicyclic amines) is 1. The molecule has 2 aromatic rings. The van der Waals surface area contributed by atoms with Gasteiger partial charge in [-0.3, -0.25) is 14.9 Å². The van der Waals surface area contributed by atoms with Gasteiger partial charge in [0, 0.05) is 37.2 Å². The lowest BCUT2D eigenvalue weighted by Gasteiger charge is -2.28. The molecule has 1 N–H and O–H groups in total. The number of aromatic nitrogens is 2. The van der Waals surface area contributed by atoms with E-state index in [4.69, 9.17) is 0 Å². The fraction of sp³-hybridized carbons (Fsp3) is 0.474. The predicted octanol–water partition coefficient (Wildman–Crippen LogP) is 2.62. The quantitative estimate of drug-likeness (QED) is 0.915. The zero-order valence-corrected chi connectivity index (χ0v) is 14.7. The number of pyridine rings is 2. The minimum Gasteiger partial charge on any atom is -0.506 e. The van der Waals surface area contributed by atoms with Crippen LogP contribution in [0.5, 0.6) is 5.75 Å². The van der Waals surface area contributed by atoms with Gasteiger partial charge in [0.15, 0.2) is 0 Å². The summed E-state index contributed by atoms with van der Waals surface area (Å²) in [6, 6.07) is 8.15. The van der Waals surface area contributed by atoms with Crippen LogP contribution in [0.3, 0.4) is 0 Å². The van der Waals surface area contributed by atoms with Crippen LogP contribution in [0.1, 0.15) is 29.4 Å². The summed E-state index contributed by atoms with van der Waals surface area (Å²) in [4.78, 5) is 13.4. The van der Waals surface area contributed by atoms with Gasteiger partial charge in [0.2, 0.25) is 0 Å². The Morgan fingerprint density at radius 1 is 1.33 bits per heavy atom. The van der Waals surface area contributed by atoms with Crippen LogP contribution in [-0.2, 0) is 6.54 Å². The van der Waals surface area contributed by atoms with Gasteiger partial charge in [0.05, 0.1) is 5.69 Å². The summed E-state index contributed by atoms with van der Waals surface area (Å²) < 4.78 is 0. The molecule has 5 nitrogen and oxygen atoms in total. The molecule has 1 saturated heterocycles. The van der Waals surface area contributed by atoms with Crippen molar-refractivity contribution in [3.8, 4) is 5.75 Å². The highest BCUT2D eigenvalue weighted by Crippen LogP contribution is 2.36. The van der Waals surface area contributed by atoms with E-state index in [1.54, 1.807) is 6.07 Å². The summed E-state index contributed by atoms with van der Waals surface area (Å²) in [6.07, 6.45) is 4.98. The van der Waals surface area contributed by atoms with Crippen molar-refractivity contribution in [1.82, 2.24) is 19.8 Å². The Hall–Kier alpha value is -1.98. The van der Waals surface area contributed by atoms with E-state index in [2.05, 4.69) is 39.9 Å². The molecule has 1 aliphatic rings. The number of hydrogen-bond donors (Lipinski definition) is 1. The van der Waals surface area contributed by atoms with Crippen LogP contribution in [0.15, 0.2) is 36.7 Å². The maximum Gasteiger partial charge on any atom is 0.138 e. The summed E-state index contributed by atoms with van der Waals surface area (Å²) in [6.45, 7) is 4.69. The first kappa shape index (κ1) is 16.9. The van der Waals surface area contributed by atoms with E-state index in [1.165, 1.54) is 12.0 Å². The highest BCUT2D eigenvalue weighted by atomic mass is 16.3. The molecule has 0 aromatic carbocycles. The van der Waals surface area contributed by atoms with Crippen LogP contribution in [0.25, 0.3) is 0 Å². The second-order valence-corrected chi connectivity index (χ2v) is 6.88. The standard InChI is InChI=1S/C19H26N4O/c1-14-6-7-18(24)17(21-14)13-22(2)12-16-8-10-23(3)19(16)15-5-4-9-20-11-15/h4-7,9,11,16,19,24H,8,10,12-13H2,1-3H3/t16-,19-/m0/s1. The summed E-state index contributed by atoms with van der Waals surface area (Å²) in [5.74, 6) is 0.830. The summed E-state index contributed by atoms with van der Waals surface area (Å²) >= 11 is 0. The van der Waals surface area contributed by atoms with Gasteiger partial charge in [-0.25, -0.2) is 0 Å². The molecule has 0 aliphatic carbocycles. The number of nitrogens with zero attached hydrogens (tertiary/aromatic N) is 4. The van der Waals surface area contributed by atoms with Gasteiger partial charge in [0.1, 0.15) is 5.75 Å². The average Bonchev–Trinajstić information content (AvgIpc) is 2.92. The maximum absolute atomic E-state index is 10.0. The van der Waals surface area contributed by atoms with Gasteiger partial charge in [-0.15, -0.1) is 0 Å². The highest BCUT2D eigenvalue weighted by Gasteiger charge is 2.33. The molecule has 0 radical (unpaired) electrons. The van der Waals surface area contributed by atoms with Crippen molar-refractivity contribution in [2.75, 3.05) is 27.2 Å². The van der Waals surface area contributed by atoms with Crippen LogP contribution < -0.4 is 0 Å². The van der Waals surface area contributed by atoms with Crippen molar-refractivity contribution in [3.05, 3.63) is 53.6 Å². The molecule has 5 heteroatoms. The third-order valence-electron chi connectivity index (χ3n) is 4.86. The molecular formula is C19H26N4O. The normalized spacial score (nSPS) is 21.5. The monoisotopic (exact) mass is 326 g/mol. The molecule has 1 aliphatic heterocycles. The van der Waals surface area contributed by atoms with Crippen molar-refractivity contribution in [3.63, 3.8) is 0 Å². The molecule has 24 heavy (non-hydrogen) atoms. The maximum atomic E-state index is 10.0. The molecule has 0 bridgehead atoms. The lowest BCUT2D eigenvalue weighted by molar-refractivity contribution is 0.211. The first-order valence-electron chi connectivity index (χ1n) is 8.49. The highest BCUT2D eigenvalue weighted by molar-refractivity contribution is 5.27. The van der Waals surface area contributed by atoms with Crippen molar-refractivity contribution in [2.45, 2.75) is 25.9 Å². The molecule has 0 saturated carbocycles. The molecule has 3 rings (SSSR count). The third kappa shape index (κ3) is 3.74. The van der Waals surface area contributed by atoms with Gasteiger partial charge in [-0.05, 0) is 63.7 Å². The van der Waals surface area contributed by atoms with Crippen LogP contribution >= 0.6 is 0 Å². The molecule has 0 unspecified atom stereocenters. The lowest BCUT2D eigenvalue weighted by Crippen LogP contribution is -2.30. The summed E-state index contributed by atoms with van der Waals surface area (Å²) in [7, 11) is 4.29. The minimum absolute atomic E-state index is 0.278. The van der Waals surface area contributed by atoms with E-state index in [0.717, 1.165) is 24.5 Å². The molecule has 2 atom stereocenters. The van der Waals surface area contributed by atoms with Crippen LogP contribution in [-0.4, -0.2) is 52.1 Å². The second-order valence-electron chi connectivity index (χ2n) is 6.88. The van der Waals surface area contributed by atoms with Crippen molar-refractivity contribution >= 4 is 0 Å². The van der Waals surface area contributed by atoms with Crippen molar-refractivity contribution in [2.24, 2.45) is 5.92 Å². The van der Waals surface area contributed by atoms with Gasteiger partial charge in [0.25, 0.3) is 0 Å². The first-order valence-corrected chi connectivity index (χ1v) is 8.49. The molecule has 2 aromatic heterocycles. The van der Waals surface area contributed by atoms with E-state index in [0.29, 0.717) is 18.5 Å². The predicted molar refractivity (Wildman–Crippen MR) is 94.7 cm³/mol. The van der Waals surface area contributed by atoms with E-state index in [-0.39, 0.29) is 5.75 Å². The van der Waals surface area contributed by atoms with Crippen LogP contribution in [0.4, 0.5) is 0 Å². The number of hydrogen-bond acceptors (Lipinski definition) is 5. The molecule has 1 fully saturated rings. The zero-order valence-electron chi connectivity index (χ0n) is 14.7. The Balaban J connectivity index is 1.69. The molecule has 128 valence electrons. The molecule has 0 spiro atoms. The summed E-state index contributed by atoms with van der Waals surface area (Å²) in [5, 5.41) is 10.0. The Bertz CT molecular complexity index is 676. The fourth-order valence-electron chi connectivity index (χ4n) is 3.74. The Morgan fingerprint density at radius 2 is 2.17 bits per heavy atom. The zero-order chi connectivity index (χ0) is 17.1. The Kier molecular flexibility index (Phi) is 5.11. The van der Waals surface area contributed by atoms with Gasteiger partial charge in [-0.1, -0.05) is 6.07 Å². The number of aromatic hydroxyl groups is 1. The van der Waals surface area contributed by atoms with Crippen molar-refractivity contribution < 1.29 is 5.11 Å². The largest absolute Gasteiger partial charge is 0.506 e. The Morgan fingerprint density at radius 3 is 2.92 bits per heavy atom. The first-order chi connectivity index (χ1) is 11.5. The van der Waals surface area contributed by atoms with Gasteiger partial charge < -0.3 is 10.0 Å². The van der Waals surface area contributed by atoms with Crippen LogP contribution in [0, 0.1) is 12.8 Å². The fourth-order valence-corrected chi connectivity index (χ4v) is 3.74. The average molecular weight is 326 g/mol. The smallest absolute Gasteiger partial charge is 0.138 e. The second kappa shape index (κ2) is 7.28. The SMILES string of the molecule is Cc1ccc(O)c(CN(C)C[C@@H]2CCN(C)[C@H]2c2cccnc2)n1. The molecular weight excluding hydrogens is 300 g/mol. The van der Waals surface area contributed by atoms with Crippen molar-refractivity contribution in [1.29, 1.82) is 0 Å². The number of rotatable bonds is 5. The van der Waals surface area contributed by atoms with E-state index in [9.17, 15) is 5.11 Å². The van der Waals surface area contributed by atoms with Crippen LogP contribution in [0.2, 0.25) is 0 Å².